The van der Waals surface area contributed by atoms with Crippen molar-refractivity contribution in [2.45, 2.75) is 0 Å². The molecule has 0 radical (unpaired) electrons. The van der Waals surface area contributed by atoms with Crippen LogP contribution in [0.5, 0.6) is 0 Å². The van der Waals surface area contributed by atoms with Gasteiger partial charge in [-0.1, -0.05) is 97.1 Å². The van der Waals surface area contributed by atoms with Crippen LogP contribution in [0, 0.1) is 0 Å². The van der Waals surface area contributed by atoms with Crippen molar-refractivity contribution in [3.05, 3.63) is 133 Å². The van der Waals surface area contributed by atoms with E-state index in [1.807, 2.05) is 22.7 Å². The molecule has 0 bridgehead atoms. The number of hydrogen-bond donors (Lipinski definition) is 0. The summed E-state index contributed by atoms with van der Waals surface area (Å²) in [5.41, 5.74) is 8.03. The summed E-state index contributed by atoms with van der Waals surface area (Å²) in [6, 6.07) is 49.7. The number of benzene rings is 8. The van der Waals surface area contributed by atoms with Crippen LogP contribution < -0.4 is 0 Å². The third-order valence-electron chi connectivity index (χ3n) is 8.95. The molecule has 0 fully saturated rings. The molecule has 0 aliphatic carbocycles. The van der Waals surface area contributed by atoms with Gasteiger partial charge in [-0.2, -0.15) is 0 Å². The van der Waals surface area contributed by atoms with Crippen molar-refractivity contribution in [3.63, 3.8) is 0 Å². The summed E-state index contributed by atoms with van der Waals surface area (Å²) in [6.45, 7) is 0. The highest BCUT2D eigenvalue weighted by Gasteiger charge is 2.26. The highest BCUT2D eigenvalue weighted by molar-refractivity contribution is 7.27. The van der Waals surface area contributed by atoms with E-state index in [0.717, 1.165) is 0 Å². The Bertz CT molecular complexity index is 2450. The molecular formula is C40H22S2. The average Bonchev–Trinajstić information content (AvgIpc) is 3.05. The van der Waals surface area contributed by atoms with Crippen LogP contribution in [0.15, 0.2) is 133 Å². The smallest absolute Gasteiger partial charge is 0.0441 e. The Labute approximate surface area is 250 Å². The van der Waals surface area contributed by atoms with E-state index in [1.54, 1.807) is 0 Å². The van der Waals surface area contributed by atoms with Crippen LogP contribution in [0.2, 0.25) is 0 Å². The van der Waals surface area contributed by atoms with E-state index in [1.165, 1.54) is 95.3 Å². The lowest BCUT2D eigenvalue weighted by Crippen LogP contribution is -1.95. The van der Waals surface area contributed by atoms with Crippen LogP contribution in [0.4, 0.5) is 0 Å². The molecule has 2 heteroatoms. The van der Waals surface area contributed by atoms with Crippen LogP contribution in [0.3, 0.4) is 0 Å². The van der Waals surface area contributed by atoms with E-state index >= 15 is 0 Å². The molecule has 42 heavy (non-hydrogen) atoms. The first kappa shape index (κ1) is 22.9. The molecule has 8 aromatic rings. The van der Waals surface area contributed by atoms with E-state index in [-0.39, 0.29) is 0 Å². The molecular weight excluding hydrogens is 545 g/mol. The number of hydrogen-bond acceptors (Lipinski definition) is 2. The molecule has 2 aliphatic heterocycles. The third kappa shape index (κ3) is 3.11. The Kier molecular flexibility index (Phi) is 4.57. The van der Waals surface area contributed by atoms with Crippen molar-refractivity contribution in [1.82, 2.24) is 0 Å². The molecule has 0 saturated carbocycles. The van der Waals surface area contributed by atoms with Gasteiger partial charge in [-0.25, -0.2) is 0 Å². The molecule has 194 valence electrons. The first-order valence-electron chi connectivity index (χ1n) is 14.3. The second-order valence-corrected chi connectivity index (χ2v) is 13.4. The summed E-state index contributed by atoms with van der Waals surface area (Å²) >= 11 is 3.89. The van der Waals surface area contributed by atoms with E-state index in [4.69, 9.17) is 0 Å². The maximum atomic E-state index is 2.43. The van der Waals surface area contributed by atoms with Crippen LogP contribution in [-0.4, -0.2) is 0 Å². The first-order chi connectivity index (χ1) is 20.8. The van der Waals surface area contributed by atoms with Gasteiger partial charge in [0.15, 0.2) is 0 Å². The molecule has 0 nitrogen and oxygen atoms in total. The van der Waals surface area contributed by atoms with E-state index in [2.05, 4.69) is 133 Å². The lowest BCUT2D eigenvalue weighted by atomic mass is 9.87. The quantitative estimate of drug-likeness (QED) is 0.144. The fourth-order valence-electron chi connectivity index (χ4n) is 7.03. The summed E-state index contributed by atoms with van der Waals surface area (Å²) in [5, 5.41) is 10.5. The van der Waals surface area contributed by atoms with Crippen molar-refractivity contribution in [1.29, 1.82) is 0 Å². The highest BCUT2D eigenvalue weighted by atomic mass is 32.1. The number of fused-ring (bicyclic) bond motifs is 2. The summed E-state index contributed by atoms with van der Waals surface area (Å²) in [6.07, 6.45) is 0. The van der Waals surface area contributed by atoms with Crippen molar-refractivity contribution in [2.75, 3.05) is 0 Å². The van der Waals surface area contributed by atoms with Gasteiger partial charge in [-0.15, -0.1) is 22.7 Å². The normalized spacial score (nSPS) is 12.3. The Morgan fingerprint density at radius 3 is 1.24 bits per heavy atom. The van der Waals surface area contributed by atoms with Gasteiger partial charge in [0.25, 0.3) is 0 Å². The van der Waals surface area contributed by atoms with Crippen LogP contribution in [0.1, 0.15) is 0 Å². The molecule has 0 unspecified atom stereocenters. The van der Waals surface area contributed by atoms with Gasteiger partial charge in [0.1, 0.15) is 0 Å². The lowest BCUT2D eigenvalue weighted by molar-refractivity contribution is 1.70. The summed E-state index contributed by atoms with van der Waals surface area (Å²) in [7, 11) is 0. The molecule has 0 atom stereocenters. The Morgan fingerprint density at radius 1 is 0.333 bits per heavy atom. The molecule has 0 saturated heterocycles. The molecule has 0 N–H and O–H groups in total. The SMILES string of the molecule is c1ccc2cc(-c3cc4cccc5sc6c(-c7ccc8ccccc8c7)cc7cccc8sc3c(c45)-c6c78)ccc2c1. The molecule has 10 rings (SSSR count). The van der Waals surface area contributed by atoms with Crippen molar-refractivity contribution >= 4 is 84.6 Å². The Hall–Kier alpha value is -4.76. The van der Waals surface area contributed by atoms with Gasteiger partial charge in [0.05, 0.1) is 0 Å². The van der Waals surface area contributed by atoms with Gasteiger partial charge in [-0.3, -0.25) is 0 Å². The average molecular weight is 567 g/mol. The Balaban J connectivity index is 1.38. The highest BCUT2D eigenvalue weighted by Crippen LogP contribution is 2.56. The van der Waals surface area contributed by atoms with Crippen LogP contribution >= 0.6 is 22.7 Å². The molecule has 0 amide bonds. The zero-order valence-corrected chi connectivity index (χ0v) is 24.2. The minimum Gasteiger partial charge on any atom is -0.134 e. The monoisotopic (exact) mass is 566 g/mol. The van der Waals surface area contributed by atoms with Crippen molar-refractivity contribution in [3.8, 4) is 33.4 Å². The van der Waals surface area contributed by atoms with Gasteiger partial charge in [0, 0.05) is 51.8 Å². The minimum absolute atomic E-state index is 1.28. The second kappa shape index (κ2) is 8.39. The predicted octanol–water partition coefficient (Wildman–Crippen LogP) is 12.6. The number of rotatable bonds is 2. The summed E-state index contributed by atoms with van der Waals surface area (Å²) in [5.74, 6) is 0. The van der Waals surface area contributed by atoms with E-state index in [9.17, 15) is 0 Å². The van der Waals surface area contributed by atoms with Gasteiger partial charge in [-0.05, 0) is 79.8 Å². The second-order valence-electron chi connectivity index (χ2n) is 11.3. The Morgan fingerprint density at radius 2 is 0.762 bits per heavy atom. The van der Waals surface area contributed by atoms with E-state index in [0.29, 0.717) is 0 Å². The molecule has 0 spiro atoms. The predicted molar refractivity (Wildman–Crippen MR) is 186 cm³/mol. The summed E-state index contributed by atoms with van der Waals surface area (Å²) < 4.78 is 5.45. The molecule has 0 aromatic heterocycles. The van der Waals surface area contributed by atoms with E-state index < -0.39 is 0 Å². The van der Waals surface area contributed by atoms with Gasteiger partial charge >= 0.3 is 0 Å². The van der Waals surface area contributed by atoms with Crippen LogP contribution in [-0.2, 0) is 0 Å². The molecule has 8 aromatic carbocycles. The van der Waals surface area contributed by atoms with Crippen molar-refractivity contribution in [2.24, 2.45) is 0 Å². The lowest BCUT2D eigenvalue weighted by Gasteiger charge is -2.24. The standard InChI is InChI=1S/C40H22S2/c1-3-9-25-19-27(17-15-23(25)7-1)31-21-29-11-5-14-34-35(29)37-38-36-30(12-6-13-33(36)41-39(31)37)22-32(40(38)42-34)28-18-16-24-8-2-4-10-26(24)20-28/h1-22H. The van der Waals surface area contributed by atoms with Crippen LogP contribution in [0.25, 0.3) is 95.3 Å². The maximum Gasteiger partial charge on any atom is 0.0441 e. The topological polar surface area (TPSA) is 0 Å². The zero-order valence-electron chi connectivity index (χ0n) is 22.5. The summed E-state index contributed by atoms with van der Waals surface area (Å²) in [4.78, 5) is 0. The molecule has 2 aliphatic rings. The maximum absolute atomic E-state index is 2.43. The van der Waals surface area contributed by atoms with Gasteiger partial charge < -0.3 is 0 Å². The minimum atomic E-state index is 1.28. The molecule has 2 heterocycles. The zero-order chi connectivity index (χ0) is 27.4. The van der Waals surface area contributed by atoms with Gasteiger partial charge in [0.2, 0.25) is 0 Å². The fourth-order valence-corrected chi connectivity index (χ4v) is 9.59. The van der Waals surface area contributed by atoms with Crippen molar-refractivity contribution < 1.29 is 0 Å². The first-order valence-corrected chi connectivity index (χ1v) is 16.0. The third-order valence-corrected chi connectivity index (χ3v) is 11.3. The fraction of sp³-hybridized carbons (Fsp3) is 0. The largest absolute Gasteiger partial charge is 0.134 e.